The first kappa shape index (κ1) is 11.1. The molecular weight excluding hydrogens is 198 g/mol. The number of methoxy groups -OCH3 is 1. The third-order valence-electron chi connectivity index (χ3n) is 3.26. The van der Waals surface area contributed by atoms with Crippen LogP contribution in [0, 0.1) is 0 Å². The Bertz CT molecular complexity index is 435. The summed E-state index contributed by atoms with van der Waals surface area (Å²) < 4.78 is 5.45. The van der Waals surface area contributed by atoms with E-state index in [0.717, 1.165) is 18.0 Å². The summed E-state index contributed by atoms with van der Waals surface area (Å²) in [6.45, 7) is 9.42. The molecule has 0 N–H and O–H groups in total. The van der Waals surface area contributed by atoms with E-state index < -0.39 is 0 Å². The average molecular weight is 217 g/mol. The molecule has 0 atom stereocenters. The molecule has 1 aromatic rings. The maximum Gasteiger partial charge on any atom is 0.122 e. The highest BCUT2D eigenvalue weighted by molar-refractivity contribution is 5.71. The Morgan fingerprint density at radius 2 is 2.06 bits per heavy atom. The zero-order chi connectivity index (χ0) is 11.9. The summed E-state index contributed by atoms with van der Waals surface area (Å²) >= 11 is 0. The minimum atomic E-state index is 0.471. The van der Waals surface area contributed by atoms with Gasteiger partial charge in [0.15, 0.2) is 0 Å². The van der Waals surface area contributed by atoms with E-state index in [0.29, 0.717) is 5.92 Å². The van der Waals surface area contributed by atoms with E-state index >= 15 is 0 Å². The molecule has 86 valence electrons. The van der Waals surface area contributed by atoms with Crippen LogP contribution in [0.15, 0.2) is 18.7 Å². The van der Waals surface area contributed by atoms with Gasteiger partial charge in [0.2, 0.25) is 0 Å². The molecule has 0 saturated heterocycles. The molecule has 1 aliphatic heterocycles. The second kappa shape index (κ2) is 3.85. The number of ether oxygens (including phenoxy) is 1. The van der Waals surface area contributed by atoms with Gasteiger partial charge in [0.05, 0.1) is 7.11 Å². The summed E-state index contributed by atoms with van der Waals surface area (Å²) in [6, 6.07) is 4.38. The highest BCUT2D eigenvalue weighted by Gasteiger charge is 2.22. The van der Waals surface area contributed by atoms with Crippen molar-refractivity contribution in [2.75, 3.05) is 14.2 Å². The Hall–Kier alpha value is -1.44. The molecule has 1 aromatic carbocycles. The minimum absolute atomic E-state index is 0.471. The number of hydrogen-bond donors (Lipinski definition) is 0. The number of rotatable bonds is 2. The summed E-state index contributed by atoms with van der Waals surface area (Å²) in [5.74, 6) is 1.47. The second-order valence-electron chi connectivity index (χ2n) is 4.71. The minimum Gasteiger partial charge on any atom is -0.496 e. The fraction of sp³-hybridized carbons (Fsp3) is 0.429. The van der Waals surface area contributed by atoms with E-state index in [2.05, 4.69) is 44.5 Å². The molecule has 2 heteroatoms. The van der Waals surface area contributed by atoms with Gasteiger partial charge in [0.1, 0.15) is 5.75 Å². The van der Waals surface area contributed by atoms with Crippen LogP contribution >= 0.6 is 0 Å². The van der Waals surface area contributed by atoms with Crippen LogP contribution < -0.4 is 4.74 Å². The third-order valence-corrected chi connectivity index (χ3v) is 3.26. The third kappa shape index (κ3) is 1.58. The fourth-order valence-electron chi connectivity index (χ4n) is 2.22. The van der Waals surface area contributed by atoms with Gasteiger partial charge in [-0.05, 0) is 29.2 Å². The molecule has 0 aromatic heterocycles. The number of fused-ring (bicyclic) bond motifs is 1. The van der Waals surface area contributed by atoms with Crippen molar-refractivity contribution in [1.82, 2.24) is 4.90 Å². The van der Waals surface area contributed by atoms with E-state index in [1.54, 1.807) is 7.11 Å². The monoisotopic (exact) mass is 217 g/mol. The van der Waals surface area contributed by atoms with Crippen LogP contribution in [0.4, 0.5) is 0 Å². The van der Waals surface area contributed by atoms with Gasteiger partial charge in [0, 0.05) is 24.9 Å². The Morgan fingerprint density at radius 3 is 2.62 bits per heavy atom. The molecule has 2 rings (SSSR count). The lowest BCUT2D eigenvalue weighted by molar-refractivity contribution is 0.406. The van der Waals surface area contributed by atoms with Crippen LogP contribution in [0.25, 0.3) is 5.70 Å². The Labute approximate surface area is 97.5 Å². The topological polar surface area (TPSA) is 12.5 Å². The van der Waals surface area contributed by atoms with Crippen molar-refractivity contribution in [1.29, 1.82) is 0 Å². The fourth-order valence-corrected chi connectivity index (χ4v) is 2.22. The molecule has 0 amide bonds. The Balaban J connectivity index is 2.56. The zero-order valence-corrected chi connectivity index (χ0v) is 10.5. The van der Waals surface area contributed by atoms with Crippen molar-refractivity contribution in [3.63, 3.8) is 0 Å². The van der Waals surface area contributed by atoms with Gasteiger partial charge >= 0.3 is 0 Å². The van der Waals surface area contributed by atoms with Crippen molar-refractivity contribution in [2.45, 2.75) is 26.3 Å². The van der Waals surface area contributed by atoms with Crippen LogP contribution in [0.2, 0.25) is 0 Å². The van der Waals surface area contributed by atoms with Gasteiger partial charge in [0.25, 0.3) is 0 Å². The SMILES string of the molecule is C=C1c2cc(C(C)C)c(OC)cc2CN1C. The van der Waals surface area contributed by atoms with E-state index in [1.807, 2.05) is 0 Å². The number of hydrogen-bond acceptors (Lipinski definition) is 2. The summed E-state index contributed by atoms with van der Waals surface area (Å²) in [6.07, 6.45) is 0. The molecule has 0 unspecified atom stereocenters. The first-order valence-corrected chi connectivity index (χ1v) is 5.65. The molecule has 0 saturated carbocycles. The van der Waals surface area contributed by atoms with E-state index in [-0.39, 0.29) is 0 Å². The van der Waals surface area contributed by atoms with Gasteiger partial charge in [-0.25, -0.2) is 0 Å². The lowest BCUT2D eigenvalue weighted by atomic mass is 9.96. The zero-order valence-electron chi connectivity index (χ0n) is 10.5. The lowest BCUT2D eigenvalue weighted by Crippen LogP contribution is -2.05. The van der Waals surface area contributed by atoms with Gasteiger partial charge in [-0.3, -0.25) is 0 Å². The second-order valence-corrected chi connectivity index (χ2v) is 4.71. The summed E-state index contributed by atoms with van der Waals surface area (Å²) in [4.78, 5) is 2.17. The number of benzene rings is 1. The molecule has 1 aliphatic rings. The smallest absolute Gasteiger partial charge is 0.122 e. The van der Waals surface area contributed by atoms with Crippen molar-refractivity contribution in [2.24, 2.45) is 0 Å². The maximum atomic E-state index is 5.45. The molecule has 0 radical (unpaired) electrons. The van der Waals surface area contributed by atoms with Gasteiger partial charge < -0.3 is 9.64 Å². The highest BCUT2D eigenvalue weighted by Crippen LogP contribution is 2.37. The lowest BCUT2D eigenvalue weighted by Gasteiger charge is -2.14. The van der Waals surface area contributed by atoms with E-state index in [4.69, 9.17) is 4.74 Å². The predicted octanol–water partition coefficient (Wildman–Crippen LogP) is 3.23. The normalized spacial score (nSPS) is 14.6. The summed E-state index contributed by atoms with van der Waals surface area (Å²) in [7, 11) is 3.81. The van der Waals surface area contributed by atoms with Crippen LogP contribution in [0.3, 0.4) is 0 Å². The van der Waals surface area contributed by atoms with Crippen LogP contribution in [-0.4, -0.2) is 19.1 Å². The van der Waals surface area contributed by atoms with Crippen LogP contribution in [0.5, 0.6) is 5.75 Å². The molecule has 0 aliphatic carbocycles. The van der Waals surface area contributed by atoms with Crippen molar-refractivity contribution in [3.8, 4) is 5.75 Å². The average Bonchev–Trinajstić information content (AvgIpc) is 2.53. The molecular formula is C14H19NO. The molecule has 16 heavy (non-hydrogen) atoms. The standard InChI is InChI=1S/C14H19NO/c1-9(2)12-7-13-10(3)15(4)8-11(13)6-14(12)16-5/h6-7,9H,3,8H2,1-2,4-5H3. The highest BCUT2D eigenvalue weighted by atomic mass is 16.5. The van der Waals surface area contributed by atoms with E-state index in [9.17, 15) is 0 Å². The van der Waals surface area contributed by atoms with E-state index in [1.165, 1.54) is 16.7 Å². The molecule has 1 heterocycles. The van der Waals surface area contributed by atoms with Crippen molar-refractivity contribution < 1.29 is 4.74 Å². The Morgan fingerprint density at radius 1 is 1.38 bits per heavy atom. The molecule has 0 fully saturated rings. The van der Waals surface area contributed by atoms with Crippen molar-refractivity contribution >= 4 is 5.70 Å². The first-order valence-electron chi connectivity index (χ1n) is 5.65. The predicted molar refractivity (Wildman–Crippen MR) is 67.6 cm³/mol. The van der Waals surface area contributed by atoms with Gasteiger partial charge in [-0.2, -0.15) is 0 Å². The summed E-state index contributed by atoms with van der Waals surface area (Å²) in [5.41, 5.74) is 4.96. The van der Waals surface area contributed by atoms with Gasteiger partial charge in [-0.15, -0.1) is 0 Å². The largest absolute Gasteiger partial charge is 0.496 e. The molecule has 0 bridgehead atoms. The first-order chi connectivity index (χ1) is 7.54. The quantitative estimate of drug-likeness (QED) is 0.754. The van der Waals surface area contributed by atoms with Crippen LogP contribution in [0.1, 0.15) is 36.5 Å². The Kier molecular flexibility index (Phi) is 2.66. The molecule has 0 spiro atoms. The van der Waals surface area contributed by atoms with Gasteiger partial charge in [-0.1, -0.05) is 20.4 Å². The molecule has 2 nitrogen and oxygen atoms in total. The number of nitrogens with zero attached hydrogens (tertiary/aromatic N) is 1. The van der Waals surface area contributed by atoms with Crippen molar-refractivity contribution in [3.05, 3.63) is 35.4 Å². The summed E-state index contributed by atoms with van der Waals surface area (Å²) in [5, 5.41) is 0. The maximum absolute atomic E-state index is 5.45. The van der Waals surface area contributed by atoms with Crippen LogP contribution in [-0.2, 0) is 6.54 Å².